The van der Waals surface area contributed by atoms with E-state index in [2.05, 4.69) is 11.6 Å². The molecule has 0 nitrogen and oxygen atoms in total. The number of halogens is 7. The van der Waals surface area contributed by atoms with Crippen LogP contribution in [0.4, 0.5) is 26.3 Å². The van der Waals surface area contributed by atoms with Gasteiger partial charge in [-0.3, -0.25) is 0 Å². The van der Waals surface area contributed by atoms with Gasteiger partial charge in [0.15, 0.2) is 5.83 Å². The summed E-state index contributed by atoms with van der Waals surface area (Å²) < 4.78 is 69.4. The minimum absolute atomic E-state index is 0.138. The highest BCUT2D eigenvalue weighted by Crippen LogP contribution is 2.32. The normalized spacial score (nSPS) is 16.1. The van der Waals surface area contributed by atoms with Crippen molar-refractivity contribution >= 4 is 11.6 Å². The first-order chi connectivity index (χ1) is 5.30. The summed E-state index contributed by atoms with van der Waals surface area (Å²) in [4.78, 5) is 0. The van der Waals surface area contributed by atoms with Gasteiger partial charge in [-0.05, 0) is 0 Å². The lowest BCUT2D eigenvalue weighted by Gasteiger charge is -2.02. The zero-order valence-corrected chi connectivity index (χ0v) is 5.98. The van der Waals surface area contributed by atoms with E-state index in [4.69, 9.17) is 0 Å². The Labute approximate surface area is 68.1 Å². The lowest BCUT2D eigenvalue weighted by Crippen LogP contribution is -2.09. The molecule has 0 fully saturated rings. The molecule has 0 saturated heterocycles. The summed E-state index contributed by atoms with van der Waals surface area (Å²) in [5.74, 6) is -7.90. The number of allylic oxidation sites excluding steroid dienone is 3. The number of hydrogen-bond donors (Lipinski definition) is 0. The minimum Gasteiger partial charge on any atom is -0.203 e. The van der Waals surface area contributed by atoms with E-state index in [1.807, 2.05) is 0 Å². The van der Waals surface area contributed by atoms with Crippen LogP contribution in [0.1, 0.15) is 0 Å². The van der Waals surface area contributed by atoms with Crippen molar-refractivity contribution in [3.63, 3.8) is 0 Å². The number of rotatable bonds is 1. The lowest BCUT2D eigenvalue weighted by molar-refractivity contribution is -0.111. The first kappa shape index (κ1) is 11.4. The summed E-state index contributed by atoms with van der Waals surface area (Å²) in [6.45, 7) is 0. The zero-order valence-electron chi connectivity index (χ0n) is 5.22. The first-order valence-electron chi connectivity index (χ1n) is 2.39. The van der Waals surface area contributed by atoms with Crippen molar-refractivity contribution in [1.82, 2.24) is 0 Å². The van der Waals surface area contributed by atoms with Crippen LogP contribution in [0.15, 0.2) is 23.0 Å². The van der Waals surface area contributed by atoms with Crippen molar-refractivity contribution in [1.29, 1.82) is 0 Å². The highest BCUT2D eigenvalue weighted by molar-refractivity contribution is 6.25. The molecule has 70 valence electrons. The summed E-state index contributed by atoms with van der Waals surface area (Å²) in [6, 6.07) is 0. The van der Waals surface area contributed by atoms with E-state index in [0.29, 0.717) is 0 Å². The van der Waals surface area contributed by atoms with Crippen molar-refractivity contribution in [2.45, 2.75) is 6.18 Å². The summed E-state index contributed by atoms with van der Waals surface area (Å²) in [6.07, 6.45) is -5.54. The van der Waals surface area contributed by atoms with Gasteiger partial charge in [0.05, 0.1) is 0 Å². The Balaban J connectivity index is 4.96. The highest BCUT2D eigenvalue weighted by atomic mass is 35.5. The third kappa shape index (κ3) is 2.77. The predicted molar refractivity (Wildman–Crippen MR) is 30.3 cm³/mol. The zero-order chi connectivity index (χ0) is 9.94. The second kappa shape index (κ2) is 3.84. The van der Waals surface area contributed by atoms with E-state index in [0.717, 1.165) is 0 Å². The fraction of sp³-hybridized carbons (Fsp3) is 0.200. The van der Waals surface area contributed by atoms with Crippen LogP contribution in [0.3, 0.4) is 0 Å². The molecule has 0 rings (SSSR count). The van der Waals surface area contributed by atoms with Crippen LogP contribution in [-0.4, -0.2) is 6.18 Å². The Bertz CT molecular complexity index is 225. The molecule has 0 unspecified atom stereocenters. The fourth-order valence-corrected chi connectivity index (χ4v) is 0.373. The Kier molecular flexibility index (Phi) is 3.63. The van der Waals surface area contributed by atoms with Gasteiger partial charge >= 0.3 is 6.18 Å². The van der Waals surface area contributed by atoms with E-state index in [-0.39, 0.29) is 5.54 Å². The van der Waals surface area contributed by atoms with Crippen molar-refractivity contribution in [3.05, 3.63) is 23.0 Å². The van der Waals surface area contributed by atoms with Crippen LogP contribution in [-0.2, 0) is 0 Å². The van der Waals surface area contributed by atoms with Gasteiger partial charge in [0.1, 0.15) is 0 Å². The van der Waals surface area contributed by atoms with Crippen LogP contribution >= 0.6 is 11.6 Å². The van der Waals surface area contributed by atoms with Crippen LogP contribution < -0.4 is 0 Å². The molecule has 12 heavy (non-hydrogen) atoms. The van der Waals surface area contributed by atoms with Crippen molar-refractivity contribution in [3.8, 4) is 0 Å². The molecular weight excluding hydrogens is 209 g/mol. The Morgan fingerprint density at radius 1 is 1.08 bits per heavy atom. The van der Waals surface area contributed by atoms with Crippen molar-refractivity contribution < 1.29 is 26.3 Å². The molecule has 0 radical (unpaired) electrons. The average molecular weight is 211 g/mol. The summed E-state index contributed by atoms with van der Waals surface area (Å²) in [5, 5.41) is 0. The van der Waals surface area contributed by atoms with Crippen LogP contribution in [0.2, 0.25) is 0 Å². The molecule has 0 aliphatic rings. The van der Waals surface area contributed by atoms with E-state index in [1.165, 1.54) is 0 Å². The quantitative estimate of drug-likeness (QED) is 0.457. The molecule has 0 saturated carbocycles. The minimum atomic E-state index is -5.54. The summed E-state index contributed by atoms with van der Waals surface area (Å²) in [7, 11) is 0. The molecule has 7 heteroatoms. The van der Waals surface area contributed by atoms with E-state index >= 15 is 0 Å². The largest absolute Gasteiger partial charge is 0.446 e. The first-order valence-corrected chi connectivity index (χ1v) is 2.83. The van der Waals surface area contributed by atoms with E-state index in [1.54, 1.807) is 0 Å². The topological polar surface area (TPSA) is 0 Å². The van der Waals surface area contributed by atoms with Gasteiger partial charge in [-0.25, -0.2) is 8.78 Å². The third-order valence-corrected chi connectivity index (χ3v) is 0.939. The molecule has 0 bridgehead atoms. The summed E-state index contributed by atoms with van der Waals surface area (Å²) >= 11 is 4.50. The number of hydrogen-bond acceptors (Lipinski definition) is 0. The van der Waals surface area contributed by atoms with E-state index < -0.39 is 23.7 Å². The molecule has 0 aromatic heterocycles. The molecule has 0 aliphatic carbocycles. The monoisotopic (exact) mass is 210 g/mol. The maximum Gasteiger partial charge on any atom is 0.446 e. The fourth-order valence-electron chi connectivity index (χ4n) is 0.277. The van der Waals surface area contributed by atoms with Gasteiger partial charge in [0, 0.05) is 5.54 Å². The molecule has 0 atom stereocenters. The maximum atomic E-state index is 11.9. The molecule has 0 amide bonds. The standard InChI is InChI=1S/C5HClF6/c6-1-2(7)3(8)4(9)5(10,11)12/h1H/b2-1-,4-3+. The van der Waals surface area contributed by atoms with Gasteiger partial charge in [-0.2, -0.15) is 17.6 Å². The Morgan fingerprint density at radius 2 is 1.50 bits per heavy atom. The van der Waals surface area contributed by atoms with Crippen molar-refractivity contribution in [2.75, 3.05) is 0 Å². The Morgan fingerprint density at radius 3 is 1.75 bits per heavy atom. The smallest absolute Gasteiger partial charge is 0.203 e. The van der Waals surface area contributed by atoms with Gasteiger partial charge in [0.25, 0.3) is 0 Å². The molecule has 0 aliphatic heterocycles. The van der Waals surface area contributed by atoms with Crippen LogP contribution in [0.25, 0.3) is 0 Å². The van der Waals surface area contributed by atoms with E-state index in [9.17, 15) is 26.3 Å². The maximum absolute atomic E-state index is 11.9. The van der Waals surface area contributed by atoms with Crippen LogP contribution in [0.5, 0.6) is 0 Å². The molecular formula is C5HClF6. The molecule has 0 aromatic carbocycles. The second-order valence-electron chi connectivity index (χ2n) is 1.58. The molecule has 0 aromatic rings. The van der Waals surface area contributed by atoms with Gasteiger partial charge in [0.2, 0.25) is 11.7 Å². The molecule has 0 heterocycles. The third-order valence-electron chi connectivity index (χ3n) is 0.747. The second-order valence-corrected chi connectivity index (χ2v) is 1.80. The van der Waals surface area contributed by atoms with Gasteiger partial charge in [-0.15, -0.1) is 0 Å². The number of alkyl halides is 3. The lowest BCUT2D eigenvalue weighted by atomic mass is 10.4. The molecule has 0 spiro atoms. The van der Waals surface area contributed by atoms with Gasteiger partial charge < -0.3 is 0 Å². The molecule has 0 N–H and O–H groups in total. The Hall–Kier alpha value is -0.650. The van der Waals surface area contributed by atoms with Crippen LogP contribution in [0, 0.1) is 0 Å². The summed E-state index contributed by atoms with van der Waals surface area (Å²) in [5.41, 5.74) is -0.138. The SMILES string of the molecule is FC(=C\Cl)/C(F)=C(\F)C(F)(F)F. The highest BCUT2D eigenvalue weighted by Gasteiger charge is 2.39. The van der Waals surface area contributed by atoms with Crippen molar-refractivity contribution in [2.24, 2.45) is 0 Å². The van der Waals surface area contributed by atoms with Gasteiger partial charge in [-0.1, -0.05) is 11.6 Å². The average Bonchev–Trinajstić information content (AvgIpc) is 1.98. The predicted octanol–water partition coefficient (Wildman–Crippen LogP) is 3.75.